The Hall–Kier alpha value is -0.260. The van der Waals surface area contributed by atoms with Crippen molar-refractivity contribution < 1.29 is 0 Å². The molecule has 0 aromatic heterocycles. The summed E-state index contributed by atoms with van der Waals surface area (Å²) in [5, 5.41) is 3.17. The Bertz CT molecular complexity index is 152. The quantitative estimate of drug-likeness (QED) is 0.542. The lowest BCUT2D eigenvalue weighted by molar-refractivity contribution is 0.762. The van der Waals surface area contributed by atoms with Crippen LogP contribution in [0.15, 0.2) is 11.1 Å². The Kier molecular flexibility index (Phi) is 6.68. The number of hydrogen-bond donors (Lipinski definition) is 1. The predicted octanol–water partition coefficient (Wildman–Crippen LogP) is 1.90. The van der Waals surface area contributed by atoms with Crippen LogP contribution in [0.5, 0.6) is 0 Å². The number of nitrogens with one attached hydrogen (secondary N) is 1. The van der Waals surface area contributed by atoms with E-state index in [-0.39, 0.29) is 0 Å². The molecule has 0 radical (unpaired) electrons. The van der Waals surface area contributed by atoms with Crippen molar-refractivity contribution in [3.8, 4) is 11.8 Å². The summed E-state index contributed by atoms with van der Waals surface area (Å²) in [5.74, 6) is 5.80. The Labute approximate surface area is 71.0 Å². The van der Waals surface area contributed by atoms with E-state index in [0.717, 1.165) is 24.0 Å². The van der Waals surface area contributed by atoms with Gasteiger partial charge in [-0.2, -0.15) is 0 Å². The maximum atomic E-state index is 3.69. The fourth-order valence-corrected chi connectivity index (χ4v) is 0.698. The van der Waals surface area contributed by atoms with Gasteiger partial charge in [0.05, 0.1) is 0 Å². The summed E-state index contributed by atoms with van der Waals surface area (Å²) in [4.78, 5) is 0. The molecule has 0 amide bonds. The molecule has 0 bridgehead atoms. The molecule has 2 heteroatoms. The molecule has 0 aromatic carbocycles. The molecule has 0 spiro atoms. The zero-order valence-electron chi connectivity index (χ0n) is 6.21. The standard InChI is InChI=1S/C8H12BrN/c1-3-4-5-6-10-7-8(2)9/h10H,2,5-7H2,1H3. The number of halogens is 1. The normalized spacial score (nSPS) is 8.20. The maximum Gasteiger partial charge on any atom is 0.0266 e. The average molecular weight is 202 g/mol. The highest BCUT2D eigenvalue weighted by atomic mass is 79.9. The van der Waals surface area contributed by atoms with Crippen LogP contribution in [-0.4, -0.2) is 13.1 Å². The molecule has 0 heterocycles. The molecule has 0 fully saturated rings. The van der Waals surface area contributed by atoms with Gasteiger partial charge < -0.3 is 5.32 Å². The molecule has 0 saturated heterocycles. The largest absolute Gasteiger partial charge is 0.311 e. The SMILES string of the molecule is C=C(Br)CNCCC#CC. The van der Waals surface area contributed by atoms with Crippen LogP contribution in [-0.2, 0) is 0 Å². The second kappa shape index (κ2) is 6.85. The monoisotopic (exact) mass is 201 g/mol. The highest BCUT2D eigenvalue weighted by Crippen LogP contribution is 1.95. The Morgan fingerprint density at radius 2 is 2.40 bits per heavy atom. The molecule has 1 nitrogen and oxygen atoms in total. The first-order valence-corrected chi connectivity index (χ1v) is 4.00. The van der Waals surface area contributed by atoms with Crippen LogP contribution in [0.25, 0.3) is 0 Å². The summed E-state index contributed by atoms with van der Waals surface area (Å²) < 4.78 is 0.983. The minimum atomic E-state index is 0.825. The lowest BCUT2D eigenvalue weighted by Crippen LogP contribution is -2.15. The smallest absolute Gasteiger partial charge is 0.0266 e. The first-order chi connectivity index (χ1) is 4.77. The van der Waals surface area contributed by atoms with E-state index in [1.165, 1.54) is 0 Å². The number of rotatable bonds is 4. The van der Waals surface area contributed by atoms with E-state index in [9.17, 15) is 0 Å². The van der Waals surface area contributed by atoms with Crippen molar-refractivity contribution in [1.82, 2.24) is 5.32 Å². The second-order valence-electron chi connectivity index (χ2n) is 1.87. The fraction of sp³-hybridized carbons (Fsp3) is 0.500. The van der Waals surface area contributed by atoms with Crippen LogP contribution in [0.1, 0.15) is 13.3 Å². The van der Waals surface area contributed by atoms with Crippen molar-refractivity contribution in [3.05, 3.63) is 11.1 Å². The van der Waals surface area contributed by atoms with Gasteiger partial charge in [0.25, 0.3) is 0 Å². The van der Waals surface area contributed by atoms with Crippen LogP contribution >= 0.6 is 15.9 Å². The minimum absolute atomic E-state index is 0.825. The van der Waals surface area contributed by atoms with E-state index in [0.29, 0.717) is 0 Å². The van der Waals surface area contributed by atoms with Gasteiger partial charge in [-0.1, -0.05) is 22.5 Å². The summed E-state index contributed by atoms with van der Waals surface area (Å²) >= 11 is 3.25. The lowest BCUT2D eigenvalue weighted by atomic mass is 10.4. The van der Waals surface area contributed by atoms with Crippen molar-refractivity contribution in [1.29, 1.82) is 0 Å². The zero-order valence-corrected chi connectivity index (χ0v) is 7.79. The molecule has 56 valence electrons. The third kappa shape index (κ3) is 7.74. The molecular weight excluding hydrogens is 190 g/mol. The summed E-state index contributed by atoms with van der Waals surface area (Å²) in [7, 11) is 0. The predicted molar refractivity (Wildman–Crippen MR) is 49.0 cm³/mol. The van der Waals surface area contributed by atoms with E-state index in [4.69, 9.17) is 0 Å². The van der Waals surface area contributed by atoms with Gasteiger partial charge in [0.2, 0.25) is 0 Å². The van der Waals surface area contributed by atoms with Crippen molar-refractivity contribution >= 4 is 15.9 Å². The minimum Gasteiger partial charge on any atom is -0.311 e. The Morgan fingerprint density at radius 1 is 1.70 bits per heavy atom. The highest BCUT2D eigenvalue weighted by molar-refractivity contribution is 9.11. The molecule has 0 aromatic rings. The van der Waals surface area contributed by atoms with Gasteiger partial charge in [-0.15, -0.1) is 11.8 Å². The lowest BCUT2D eigenvalue weighted by Gasteiger charge is -1.97. The molecule has 0 aliphatic rings. The van der Waals surface area contributed by atoms with Crippen LogP contribution < -0.4 is 5.32 Å². The summed E-state index contributed by atoms with van der Waals surface area (Å²) in [5.41, 5.74) is 0. The van der Waals surface area contributed by atoms with Gasteiger partial charge in [0.1, 0.15) is 0 Å². The van der Waals surface area contributed by atoms with Crippen molar-refractivity contribution in [2.24, 2.45) is 0 Å². The van der Waals surface area contributed by atoms with Crippen LogP contribution in [0.3, 0.4) is 0 Å². The van der Waals surface area contributed by atoms with E-state index in [1.54, 1.807) is 0 Å². The molecule has 0 saturated carbocycles. The van der Waals surface area contributed by atoms with Gasteiger partial charge in [-0.3, -0.25) is 0 Å². The molecule has 10 heavy (non-hydrogen) atoms. The Morgan fingerprint density at radius 3 is 2.90 bits per heavy atom. The van der Waals surface area contributed by atoms with Crippen LogP contribution in [0.4, 0.5) is 0 Å². The van der Waals surface area contributed by atoms with Crippen molar-refractivity contribution in [3.63, 3.8) is 0 Å². The van der Waals surface area contributed by atoms with Crippen molar-refractivity contribution in [2.45, 2.75) is 13.3 Å². The molecule has 0 unspecified atom stereocenters. The molecule has 0 atom stereocenters. The van der Waals surface area contributed by atoms with Gasteiger partial charge in [0.15, 0.2) is 0 Å². The third-order valence-electron chi connectivity index (χ3n) is 0.920. The maximum absolute atomic E-state index is 3.69. The van der Waals surface area contributed by atoms with Gasteiger partial charge in [-0.25, -0.2) is 0 Å². The fourth-order valence-electron chi connectivity index (χ4n) is 0.500. The summed E-state index contributed by atoms with van der Waals surface area (Å²) in [6.45, 7) is 7.30. The molecular formula is C8H12BrN. The van der Waals surface area contributed by atoms with Gasteiger partial charge >= 0.3 is 0 Å². The van der Waals surface area contributed by atoms with Crippen LogP contribution in [0.2, 0.25) is 0 Å². The molecule has 0 rings (SSSR count). The van der Waals surface area contributed by atoms with E-state index in [1.807, 2.05) is 6.92 Å². The highest BCUT2D eigenvalue weighted by Gasteiger charge is 1.84. The topological polar surface area (TPSA) is 12.0 Å². The first-order valence-electron chi connectivity index (χ1n) is 3.21. The van der Waals surface area contributed by atoms with Gasteiger partial charge in [-0.05, 0) is 6.92 Å². The summed E-state index contributed by atoms with van der Waals surface area (Å²) in [6, 6.07) is 0. The zero-order chi connectivity index (χ0) is 7.82. The first kappa shape index (κ1) is 9.74. The van der Waals surface area contributed by atoms with Crippen molar-refractivity contribution in [2.75, 3.05) is 13.1 Å². The Balaban J connectivity index is 3.03. The molecule has 0 aliphatic heterocycles. The van der Waals surface area contributed by atoms with Gasteiger partial charge in [0, 0.05) is 24.0 Å². The summed E-state index contributed by atoms with van der Waals surface area (Å²) in [6.07, 6.45) is 0.913. The molecule has 1 N–H and O–H groups in total. The second-order valence-corrected chi connectivity index (χ2v) is 2.99. The average Bonchev–Trinajstić information content (AvgIpc) is 1.87. The molecule has 0 aliphatic carbocycles. The van der Waals surface area contributed by atoms with Crippen LogP contribution in [0, 0.1) is 11.8 Å². The van der Waals surface area contributed by atoms with E-state index < -0.39 is 0 Å². The van der Waals surface area contributed by atoms with E-state index in [2.05, 4.69) is 39.7 Å². The third-order valence-corrected chi connectivity index (χ3v) is 1.20. The number of hydrogen-bond acceptors (Lipinski definition) is 1. The van der Waals surface area contributed by atoms with E-state index >= 15 is 0 Å².